The smallest absolute Gasteiger partial charge is 0.108 e. The zero-order valence-electron chi connectivity index (χ0n) is 12.5. The molecule has 1 heterocycles. The first-order valence-corrected chi connectivity index (χ1v) is 7.26. The molecule has 0 bridgehead atoms. The predicted molar refractivity (Wildman–Crippen MR) is 75.6 cm³/mol. The van der Waals surface area contributed by atoms with Crippen LogP contribution in [0.1, 0.15) is 12.8 Å². The topological polar surface area (TPSA) is 40.2 Å². The standard InChI is InChI=1S/C15H25NO4/c1-16-11-15(12-16)20-8-7-18-5-3-4-6-19-14-9-13(10-14)17-2/h13-15H,5-12H2,1-2H3. The Bertz CT molecular complexity index is 327. The SMILES string of the molecule is COC1CC(OCC#CCOCCOC2CN(C)C2)C1. The molecule has 114 valence electrons. The van der Waals surface area contributed by atoms with Gasteiger partial charge >= 0.3 is 0 Å². The fourth-order valence-corrected chi connectivity index (χ4v) is 2.25. The number of likely N-dealkylation sites (N-methyl/N-ethyl adjacent to an activating group) is 1. The van der Waals surface area contributed by atoms with Gasteiger partial charge in [0.25, 0.3) is 0 Å². The van der Waals surface area contributed by atoms with Crippen molar-refractivity contribution in [1.82, 2.24) is 4.90 Å². The predicted octanol–water partition coefficient (Wildman–Crippen LogP) is 0.531. The van der Waals surface area contributed by atoms with Crippen molar-refractivity contribution in [3.63, 3.8) is 0 Å². The summed E-state index contributed by atoms with van der Waals surface area (Å²) < 4.78 is 21.7. The molecule has 20 heavy (non-hydrogen) atoms. The van der Waals surface area contributed by atoms with Gasteiger partial charge < -0.3 is 23.8 Å². The van der Waals surface area contributed by atoms with Crippen molar-refractivity contribution in [3.05, 3.63) is 0 Å². The first kappa shape index (κ1) is 15.7. The molecule has 0 aromatic carbocycles. The van der Waals surface area contributed by atoms with Crippen LogP contribution in [-0.4, -0.2) is 76.9 Å². The van der Waals surface area contributed by atoms with Crippen molar-refractivity contribution in [2.45, 2.75) is 31.2 Å². The summed E-state index contributed by atoms with van der Waals surface area (Å²) in [6.45, 7) is 4.24. The van der Waals surface area contributed by atoms with E-state index in [0.717, 1.165) is 25.9 Å². The van der Waals surface area contributed by atoms with Crippen LogP contribution in [0.2, 0.25) is 0 Å². The average molecular weight is 283 g/mol. The second-order valence-corrected chi connectivity index (χ2v) is 5.38. The summed E-state index contributed by atoms with van der Waals surface area (Å²) in [7, 11) is 3.83. The highest BCUT2D eigenvalue weighted by atomic mass is 16.5. The summed E-state index contributed by atoms with van der Waals surface area (Å²) in [4.78, 5) is 2.23. The largest absolute Gasteiger partial charge is 0.381 e. The van der Waals surface area contributed by atoms with Gasteiger partial charge in [-0.25, -0.2) is 0 Å². The summed E-state index contributed by atoms with van der Waals surface area (Å²) >= 11 is 0. The van der Waals surface area contributed by atoms with Crippen molar-refractivity contribution < 1.29 is 18.9 Å². The van der Waals surface area contributed by atoms with Gasteiger partial charge in [-0.2, -0.15) is 0 Å². The van der Waals surface area contributed by atoms with Crippen LogP contribution in [0.5, 0.6) is 0 Å². The molecular weight excluding hydrogens is 258 g/mol. The number of rotatable bonds is 8. The summed E-state index contributed by atoms with van der Waals surface area (Å²) in [5, 5.41) is 0. The summed E-state index contributed by atoms with van der Waals surface area (Å²) in [6.07, 6.45) is 3.07. The molecule has 0 unspecified atom stereocenters. The van der Waals surface area contributed by atoms with Gasteiger partial charge in [0.15, 0.2) is 0 Å². The van der Waals surface area contributed by atoms with E-state index in [2.05, 4.69) is 23.8 Å². The molecular formula is C15H25NO4. The monoisotopic (exact) mass is 283 g/mol. The molecule has 0 radical (unpaired) electrons. The van der Waals surface area contributed by atoms with Crippen molar-refractivity contribution in [3.8, 4) is 11.8 Å². The third-order valence-electron chi connectivity index (χ3n) is 3.69. The van der Waals surface area contributed by atoms with Crippen molar-refractivity contribution in [1.29, 1.82) is 0 Å². The molecule has 0 amide bonds. The molecule has 0 N–H and O–H groups in total. The third kappa shape index (κ3) is 5.39. The van der Waals surface area contributed by atoms with E-state index in [-0.39, 0.29) is 0 Å². The van der Waals surface area contributed by atoms with Gasteiger partial charge in [-0.3, -0.25) is 0 Å². The van der Waals surface area contributed by atoms with Gasteiger partial charge in [0.1, 0.15) is 13.2 Å². The fraction of sp³-hybridized carbons (Fsp3) is 0.867. The summed E-state index contributed by atoms with van der Waals surface area (Å²) in [6, 6.07) is 0. The molecule has 0 spiro atoms. The van der Waals surface area contributed by atoms with Crippen molar-refractivity contribution >= 4 is 0 Å². The Morgan fingerprint density at radius 2 is 1.70 bits per heavy atom. The second kappa shape index (κ2) is 8.60. The average Bonchev–Trinajstić information content (AvgIpc) is 2.36. The molecule has 1 aliphatic carbocycles. The number of ether oxygens (including phenoxy) is 4. The number of likely N-dealkylation sites (tertiary alicyclic amines) is 1. The van der Waals surface area contributed by atoms with Gasteiger partial charge in [-0.05, 0) is 19.9 Å². The normalized spacial score (nSPS) is 26.5. The zero-order chi connectivity index (χ0) is 14.2. The fourth-order valence-electron chi connectivity index (χ4n) is 2.25. The van der Waals surface area contributed by atoms with Gasteiger partial charge in [-0.15, -0.1) is 0 Å². The quantitative estimate of drug-likeness (QED) is 0.480. The van der Waals surface area contributed by atoms with E-state index < -0.39 is 0 Å². The van der Waals surface area contributed by atoms with E-state index in [1.807, 2.05) is 0 Å². The maximum absolute atomic E-state index is 5.60. The van der Waals surface area contributed by atoms with Crippen molar-refractivity contribution in [2.75, 3.05) is 53.7 Å². The Morgan fingerprint density at radius 3 is 2.40 bits per heavy atom. The Labute approximate surface area is 121 Å². The van der Waals surface area contributed by atoms with E-state index in [0.29, 0.717) is 44.7 Å². The molecule has 2 fully saturated rings. The molecule has 1 aliphatic heterocycles. The van der Waals surface area contributed by atoms with Crippen LogP contribution in [0.3, 0.4) is 0 Å². The molecule has 2 rings (SSSR count). The maximum Gasteiger partial charge on any atom is 0.108 e. The minimum atomic E-state index is 0.323. The first-order valence-electron chi connectivity index (χ1n) is 7.26. The van der Waals surface area contributed by atoms with Gasteiger partial charge in [0.2, 0.25) is 0 Å². The summed E-state index contributed by atoms with van der Waals surface area (Å²) in [5.74, 6) is 5.90. The molecule has 0 atom stereocenters. The zero-order valence-corrected chi connectivity index (χ0v) is 12.5. The van der Waals surface area contributed by atoms with Crippen LogP contribution in [0.15, 0.2) is 0 Å². The number of nitrogens with zero attached hydrogens (tertiary/aromatic N) is 1. The highest BCUT2D eigenvalue weighted by molar-refractivity contribution is 4.99. The molecule has 1 saturated carbocycles. The number of hydrogen-bond acceptors (Lipinski definition) is 5. The van der Waals surface area contributed by atoms with Crippen LogP contribution in [0.25, 0.3) is 0 Å². The van der Waals surface area contributed by atoms with E-state index in [9.17, 15) is 0 Å². The Kier molecular flexibility index (Phi) is 6.77. The Hall–Kier alpha value is -0.640. The van der Waals surface area contributed by atoms with Crippen LogP contribution in [-0.2, 0) is 18.9 Å². The van der Waals surface area contributed by atoms with E-state index in [1.54, 1.807) is 7.11 Å². The van der Waals surface area contributed by atoms with Crippen LogP contribution in [0, 0.1) is 11.8 Å². The summed E-state index contributed by atoms with van der Waals surface area (Å²) in [5.41, 5.74) is 0. The van der Waals surface area contributed by atoms with E-state index in [1.165, 1.54) is 0 Å². The lowest BCUT2D eigenvalue weighted by molar-refractivity contribution is -0.0781. The number of hydrogen-bond donors (Lipinski definition) is 0. The van der Waals surface area contributed by atoms with Gasteiger partial charge in [-0.1, -0.05) is 11.8 Å². The Balaban J connectivity index is 1.34. The number of methoxy groups -OCH3 is 1. The van der Waals surface area contributed by atoms with Gasteiger partial charge in [0.05, 0.1) is 31.5 Å². The molecule has 0 aromatic heterocycles. The van der Waals surface area contributed by atoms with Crippen LogP contribution in [0.4, 0.5) is 0 Å². The minimum absolute atomic E-state index is 0.323. The molecule has 0 aromatic rings. The molecule has 5 nitrogen and oxygen atoms in total. The lowest BCUT2D eigenvalue weighted by Gasteiger charge is -2.35. The van der Waals surface area contributed by atoms with Gasteiger partial charge in [0, 0.05) is 20.2 Å². The lowest BCUT2D eigenvalue weighted by Crippen LogP contribution is -2.49. The van der Waals surface area contributed by atoms with Crippen molar-refractivity contribution in [2.24, 2.45) is 0 Å². The van der Waals surface area contributed by atoms with Crippen LogP contribution < -0.4 is 0 Å². The van der Waals surface area contributed by atoms with E-state index in [4.69, 9.17) is 18.9 Å². The first-order chi connectivity index (χ1) is 9.78. The maximum atomic E-state index is 5.60. The van der Waals surface area contributed by atoms with E-state index >= 15 is 0 Å². The Morgan fingerprint density at radius 1 is 0.950 bits per heavy atom. The molecule has 1 saturated heterocycles. The third-order valence-corrected chi connectivity index (χ3v) is 3.69. The van der Waals surface area contributed by atoms with Crippen LogP contribution >= 0.6 is 0 Å². The molecule has 5 heteroatoms. The molecule has 2 aliphatic rings. The highest BCUT2D eigenvalue weighted by Crippen LogP contribution is 2.25. The highest BCUT2D eigenvalue weighted by Gasteiger charge is 2.29. The minimum Gasteiger partial charge on any atom is -0.381 e. The second-order valence-electron chi connectivity index (χ2n) is 5.38. The lowest BCUT2D eigenvalue weighted by atomic mass is 9.92.